The van der Waals surface area contributed by atoms with Crippen LogP contribution < -0.4 is 4.90 Å². The van der Waals surface area contributed by atoms with E-state index in [-0.39, 0.29) is 28.7 Å². The van der Waals surface area contributed by atoms with Crippen LogP contribution in [0.5, 0.6) is 0 Å². The van der Waals surface area contributed by atoms with Crippen LogP contribution >= 0.6 is 0 Å². The average molecular weight is 435 g/mol. The van der Waals surface area contributed by atoms with Gasteiger partial charge in [-0.2, -0.15) is 18.4 Å². The molecule has 1 amide bonds. The Morgan fingerprint density at radius 1 is 1.32 bits per heavy atom. The van der Waals surface area contributed by atoms with Gasteiger partial charge in [0.25, 0.3) is 0 Å². The van der Waals surface area contributed by atoms with E-state index < -0.39 is 11.7 Å². The van der Waals surface area contributed by atoms with Gasteiger partial charge in [0.1, 0.15) is 0 Å². The van der Waals surface area contributed by atoms with Gasteiger partial charge in [-0.15, -0.1) is 0 Å². The zero-order valence-corrected chi connectivity index (χ0v) is 17.7. The first-order valence-corrected chi connectivity index (χ1v) is 11.0. The molecule has 1 aromatic rings. The Hall–Kier alpha value is -2.27. The van der Waals surface area contributed by atoms with Crippen molar-refractivity contribution >= 4 is 11.6 Å². The minimum Gasteiger partial charge on any atom is -0.381 e. The van der Waals surface area contributed by atoms with E-state index in [0.717, 1.165) is 31.7 Å². The van der Waals surface area contributed by atoms with E-state index in [4.69, 9.17) is 10.00 Å². The highest BCUT2D eigenvalue weighted by Gasteiger charge is 2.51. The lowest BCUT2D eigenvalue weighted by molar-refractivity contribution is -0.138. The second kappa shape index (κ2) is 8.34. The number of amides is 1. The second-order valence-electron chi connectivity index (χ2n) is 9.08. The van der Waals surface area contributed by atoms with Crippen molar-refractivity contribution in [3.63, 3.8) is 0 Å². The van der Waals surface area contributed by atoms with Crippen LogP contribution in [-0.4, -0.2) is 50.2 Å². The molecule has 8 heteroatoms. The molecule has 31 heavy (non-hydrogen) atoms. The van der Waals surface area contributed by atoms with E-state index >= 15 is 0 Å². The number of halogens is 3. The number of ether oxygens (including phenoxy) is 1. The summed E-state index contributed by atoms with van der Waals surface area (Å²) in [5, 5.41) is 9.06. The highest BCUT2D eigenvalue weighted by Crippen LogP contribution is 2.46. The number of alkyl halides is 3. The molecule has 0 aromatic heterocycles. The predicted octanol–water partition coefficient (Wildman–Crippen LogP) is 4.07. The summed E-state index contributed by atoms with van der Waals surface area (Å²) < 4.78 is 46.1. The first-order valence-electron chi connectivity index (χ1n) is 11.0. The summed E-state index contributed by atoms with van der Waals surface area (Å²) in [6.45, 7) is 5.58. The third-order valence-electron chi connectivity index (χ3n) is 7.29. The van der Waals surface area contributed by atoms with E-state index in [1.807, 2.05) is 16.7 Å². The van der Waals surface area contributed by atoms with E-state index in [9.17, 15) is 18.0 Å². The van der Waals surface area contributed by atoms with Crippen LogP contribution in [0, 0.1) is 28.6 Å². The molecule has 0 radical (unpaired) electrons. The number of fused-ring (bicyclic) bond motifs is 1. The zero-order valence-electron chi connectivity index (χ0n) is 17.7. The second-order valence-corrected chi connectivity index (χ2v) is 9.08. The number of carbonyl (C=O) groups is 1. The number of carbonyl (C=O) groups excluding carboxylic acids is 1. The van der Waals surface area contributed by atoms with Gasteiger partial charge in [-0.1, -0.05) is 6.42 Å². The Morgan fingerprint density at radius 3 is 2.71 bits per heavy atom. The molecule has 168 valence electrons. The normalized spacial score (nSPS) is 26.4. The largest absolute Gasteiger partial charge is 0.417 e. The minimum absolute atomic E-state index is 0.133. The molecular formula is C23H28F3N3O2. The first kappa shape index (κ1) is 21.9. The summed E-state index contributed by atoms with van der Waals surface area (Å²) in [5.74, 6) is 0.496. The molecule has 0 unspecified atom stereocenters. The highest BCUT2D eigenvalue weighted by atomic mass is 19.4. The number of likely N-dealkylation sites (tertiary alicyclic amines) is 1. The van der Waals surface area contributed by atoms with Gasteiger partial charge >= 0.3 is 6.18 Å². The van der Waals surface area contributed by atoms with Crippen LogP contribution in [0.2, 0.25) is 0 Å². The Bertz CT molecular complexity index is 878. The third kappa shape index (κ3) is 4.12. The molecule has 2 aliphatic heterocycles. The summed E-state index contributed by atoms with van der Waals surface area (Å²) in [7, 11) is 0. The standard InChI is InChI=1S/C23H28F3N3O2/c1-2-31-15-22-8-9-28(19-7-6-17(11-27)20(10-19)23(24,25)26)12-18(22)13-29(14-22)21(30)16-4-3-5-16/h6-7,10,16,18H,2-5,8-9,12-15H2,1H3/t18-,22+/m1/s1. The number of hydrogen-bond donors (Lipinski definition) is 0. The van der Waals surface area contributed by atoms with E-state index in [1.54, 1.807) is 12.1 Å². The number of benzene rings is 1. The van der Waals surface area contributed by atoms with Crippen LogP contribution in [0.3, 0.4) is 0 Å². The number of rotatable bonds is 5. The fourth-order valence-corrected chi connectivity index (χ4v) is 5.20. The molecule has 0 bridgehead atoms. The van der Waals surface area contributed by atoms with Gasteiger partial charge in [0.05, 0.1) is 23.8 Å². The highest BCUT2D eigenvalue weighted by molar-refractivity contribution is 5.80. The quantitative estimate of drug-likeness (QED) is 0.700. The van der Waals surface area contributed by atoms with Crippen molar-refractivity contribution in [2.75, 3.05) is 44.3 Å². The lowest BCUT2D eigenvalue weighted by Crippen LogP contribution is -2.49. The van der Waals surface area contributed by atoms with Crippen LogP contribution in [0.1, 0.15) is 43.7 Å². The van der Waals surface area contributed by atoms with Gasteiger partial charge in [-0.25, -0.2) is 0 Å². The number of nitriles is 1. The monoisotopic (exact) mass is 435 g/mol. The number of hydrogen-bond acceptors (Lipinski definition) is 4. The summed E-state index contributed by atoms with van der Waals surface area (Å²) >= 11 is 0. The van der Waals surface area contributed by atoms with Gasteiger partial charge in [-0.3, -0.25) is 4.79 Å². The molecule has 2 saturated heterocycles. The third-order valence-corrected chi connectivity index (χ3v) is 7.29. The molecule has 4 rings (SSSR count). The molecule has 2 heterocycles. The van der Waals surface area contributed by atoms with Crippen molar-refractivity contribution in [1.82, 2.24) is 4.90 Å². The summed E-state index contributed by atoms with van der Waals surface area (Å²) in [4.78, 5) is 16.8. The average Bonchev–Trinajstić information content (AvgIpc) is 3.09. The Kier molecular flexibility index (Phi) is 5.91. The van der Waals surface area contributed by atoms with E-state index in [2.05, 4.69) is 0 Å². The Morgan fingerprint density at radius 2 is 2.10 bits per heavy atom. The molecule has 2 atom stereocenters. The van der Waals surface area contributed by atoms with E-state index in [0.29, 0.717) is 45.1 Å². The fourth-order valence-electron chi connectivity index (χ4n) is 5.20. The molecule has 1 saturated carbocycles. The molecular weight excluding hydrogens is 407 g/mol. The molecule has 1 aromatic carbocycles. The van der Waals surface area contributed by atoms with Crippen molar-refractivity contribution in [3.05, 3.63) is 29.3 Å². The zero-order chi connectivity index (χ0) is 22.2. The molecule has 0 spiro atoms. The Labute approximate surface area is 180 Å². The molecule has 3 aliphatic rings. The van der Waals surface area contributed by atoms with E-state index in [1.165, 1.54) is 6.07 Å². The predicted molar refractivity (Wildman–Crippen MR) is 109 cm³/mol. The van der Waals surface area contributed by atoms with Gasteiger partial charge in [-0.05, 0) is 44.4 Å². The topological polar surface area (TPSA) is 56.6 Å². The van der Waals surface area contributed by atoms with Gasteiger partial charge in [0, 0.05) is 55.7 Å². The molecule has 0 N–H and O–H groups in total. The van der Waals surface area contributed by atoms with Crippen molar-refractivity contribution in [1.29, 1.82) is 5.26 Å². The lowest BCUT2D eigenvalue weighted by Gasteiger charge is -2.44. The SMILES string of the molecule is CCOC[C@@]12CCN(c3ccc(C#N)c(C(F)(F)F)c3)C[C@@H]1CN(C(=O)C1CCC1)C2. The van der Waals surface area contributed by atoms with Crippen LogP contribution in [-0.2, 0) is 15.7 Å². The maximum absolute atomic E-state index is 13.4. The summed E-state index contributed by atoms with van der Waals surface area (Å²) in [6.07, 6.45) is -0.805. The minimum atomic E-state index is -4.57. The Balaban J connectivity index is 1.56. The van der Waals surface area contributed by atoms with Crippen molar-refractivity contribution < 1.29 is 22.7 Å². The molecule has 3 fully saturated rings. The number of anilines is 1. The van der Waals surface area contributed by atoms with Gasteiger partial charge < -0.3 is 14.5 Å². The van der Waals surface area contributed by atoms with Crippen molar-refractivity contribution in [3.8, 4) is 6.07 Å². The van der Waals surface area contributed by atoms with Gasteiger partial charge in [0.15, 0.2) is 0 Å². The van der Waals surface area contributed by atoms with Crippen LogP contribution in [0.25, 0.3) is 0 Å². The number of piperidine rings is 1. The lowest BCUT2D eigenvalue weighted by atomic mass is 9.73. The molecule has 1 aliphatic carbocycles. The van der Waals surface area contributed by atoms with Crippen molar-refractivity contribution in [2.24, 2.45) is 17.3 Å². The first-order chi connectivity index (χ1) is 14.8. The maximum atomic E-state index is 13.4. The summed E-state index contributed by atoms with van der Waals surface area (Å²) in [5.41, 5.74) is -0.935. The molecule has 5 nitrogen and oxygen atoms in total. The van der Waals surface area contributed by atoms with Crippen LogP contribution in [0.4, 0.5) is 18.9 Å². The summed E-state index contributed by atoms with van der Waals surface area (Å²) in [6, 6.07) is 5.57. The number of nitrogens with zero attached hydrogens (tertiary/aromatic N) is 3. The van der Waals surface area contributed by atoms with Crippen molar-refractivity contribution in [2.45, 2.75) is 38.8 Å². The smallest absolute Gasteiger partial charge is 0.381 e. The maximum Gasteiger partial charge on any atom is 0.417 e. The van der Waals surface area contributed by atoms with Crippen LogP contribution in [0.15, 0.2) is 18.2 Å². The fraction of sp³-hybridized carbons (Fsp3) is 0.652. The van der Waals surface area contributed by atoms with Gasteiger partial charge in [0.2, 0.25) is 5.91 Å².